The molecule has 0 spiro atoms. The fraction of sp³-hybridized carbons (Fsp3) is 0.273. The number of carbonyl (C=O) groups excluding carboxylic acids is 8. The predicted octanol–water partition coefficient (Wildman–Crippen LogP) is 1.57. The molecule has 0 saturated carbocycles. The predicted molar refractivity (Wildman–Crippen MR) is 218 cm³/mol. The van der Waals surface area contributed by atoms with Gasteiger partial charge in [0.15, 0.2) is 0 Å². The first kappa shape index (κ1) is 50.9. The normalized spacial score (nSPS) is 13.5. The van der Waals surface area contributed by atoms with Gasteiger partial charge in [0.05, 0.1) is 0 Å². The summed E-state index contributed by atoms with van der Waals surface area (Å²) in [6.45, 7) is -1.37. The van der Waals surface area contributed by atoms with Crippen molar-refractivity contribution in [3.05, 3.63) is 144 Å². The molecule has 4 rings (SSSR count). The number of aliphatic hydroxyl groups excluding tert-OH is 4. The van der Waals surface area contributed by atoms with Crippen molar-refractivity contribution in [1.82, 2.24) is 0 Å². The van der Waals surface area contributed by atoms with E-state index in [2.05, 4.69) is 0 Å². The number of rotatable bonds is 24. The van der Waals surface area contributed by atoms with Gasteiger partial charge in [0.25, 0.3) is 0 Å². The zero-order valence-electron chi connectivity index (χ0n) is 34.3. The van der Waals surface area contributed by atoms with Crippen molar-refractivity contribution in [1.29, 1.82) is 0 Å². The molecule has 65 heavy (non-hydrogen) atoms. The second-order valence-electron chi connectivity index (χ2n) is 13.6. The van der Waals surface area contributed by atoms with Crippen LogP contribution in [0.4, 0.5) is 0 Å². The molecule has 0 amide bonds. The van der Waals surface area contributed by atoms with E-state index in [-0.39, 0.29) is 26.4 Å². The van der Waals surface area contributed by atoms with Crippen molar-refractivity contribution in [2.75, 3.05) is 0 Å². The minimum absolute atomic E-state index is 0.343. The number of esters is 4. The minimum atomic E-state index is -7.26. The zero-order chi connectivity index (χ0) is 47.2. The SMILES string of the molecule is O=C(CC(O)C(=O)OCc1ccccc1)[O][Sn]([O]C(=O)CC(O)C(=O)OCc1ccccc1)([O]C(=O)CC(O)C(=O)OCc1ccccc1)[O]C(=O)CC(O)C(=O)OCc1ccccc1. The van der Waals surface area contributed by atoms with Gasteiger partial charge in [-0.15, -0.1) is 0 Å². The Labute approximate surface area is 376 Å². The molecule has 0 radical (unpaired) electrons. The molecular formula is C44H44O20Sn. The van der Waals surface area contributed by atoms with Gasteiger partial charge in [-0.3, -0.25) is 0 Å². The van der Waals surface area contributed by atoms with Crippen molar-refractivity contribution in [2.24, 2.45) is 0 Å². The van der Waals surface area contributed by atoms with Crippen molar-refractivity contribution in [2.45, 2.75) is 76.5 Å². The molecule has 20 nitrogen and oxygen atoms in total. The standard InChI is InChI=1S/4C11H12O5.Sn/c4*12-9(6-10(13)14)11(15)16-7-8-4-2-1-3-5-8;/h4*1-5,9,12H,6-7H2,(H,13,14);/q;;;;+4/p-4. The molecule has 0 fully saturated rings. The summed E-state index contributed by atoms with van der Waals surface area (Å²) in [5, 5.41) is 42.1. The van der Waals surface area contributed by atoms with Crippen LogP contribution < -0.4 is 0 Å². The fourth-order valence-corrected chi connectivity index (χ4v) is 9.96. The third-order valence-electron chi connectivity index (χ3n) is 8.38. The average molecular weight is 1010 g/mol. The average Bonchev–Trinajstić information content (AvgIpc) is 3.29. The van der Waals surface area contributed by atoms with Crippen molar-refractivity contribution in [3.8, 4) is 0 Å². The van der Waals surface area contributed by atoms with Crippen LogP contribution in [0.15, 0.2) is 121 Å². The van der Waals surface area contributed by atoms with Gasteiger partial charge in [-0.25, -0.2) is 0 Å². The van der Waals surface area contributed by atoms with Gasteiger partial charge in [0, 0.05) is 0 Å². The molecule has 0 aliphatic heterocycles. The quantitative estimate of drug-likeness (QED) is 0.0440. The number of aliphatic hydroxyl groups is 4. The second-order valence-corrected chi connectivity index (χ2v) is 18.8. The van der Waals surface area contributed by atoms with E-state index in [1.54, 1.807) is 121 Å². The fourth-order valence-electron chi connectivity index (χ4n) is 5.11. The van der Waals surface area contributed by atoms with Crippen LogP contribution in [0.5, 0.6) is 0 Å². The van der Waals surface area contributed by atoms with E-state index in [1.165, 1.54) is 0 Å². The van der Waals surface area contributed by atoms with Gasteiger partial charge in [-0.1, -0.05) is 0 Å². The number of benzene rings is 4. The molecule has 344 valence electrons. The summed E-state index contributed by atoms with van der Waals surface area (Å²) in [6.07, 6.45) is -14.5. The van der Waals surface area contributed by atoms with Crippen LogP contribution in [0.25, 0.3) is 0 Å². The van der Waals surface area contributed by atoms with E-state index >= 15 is 0 Å². The number of hydrogen-bond acceptors (Lipinski definition) is 20. The Morgan fingerprint density at radius 2 is 0.523 bits per heavy atom. The second kappa shape index (κ2) is 26.2. The van der Waals surface area contributed by atoms with E-state index in [4.69, 9.17) is 31.2 Å². The summed E-state index contributed by atoms with van der Waals surface area (Å²) in [5.41, 5.74) is 2.00. The molecule has 4 unspecified atom stereocenters. The van der Waals surface area contributed by atoms with Gasteiger partial charge < -0.3 is 0 Å². The van der Waals surface area contributed by atoms with E-state index in [9.17, 15) is 58.8 Å². The van der Waals surface area contributed by atoms with Crippen LogP contribution in [0.2, 0.25) is 0 Å². The summed E-state index contributed by atoms with van der Waals surface area (Å²) in [7, 11) is 0. The molecule has 4 atom stereocenters. The first-order valence-corrected chi connectivity index (χ1v) is 24.2. The summed E-state index contributed by atoms with van der Waals surface area (Å²) in [5.74, 6) is -12.3. The number of ether oxygens (including phenoxy) is 4. The Balaban J connectivity index is 1.56. The molecule has 4 N–H and O–H groups in total. The maximum atomic E-state index is 13.4. The van der Waals surface area contributed by atoms with E-state index < -0.39 is 118 Å². The first-order valence-electron chi connectivity index (χ1n) is 19.5. The molecule has 21 heteroatoms. The van der Waals surface area contributed by atoms with Gasteiger partial charge in [0.2, 0.25) is 0 Å². The molecule has 4 aromatic carbocycles. The van der Waals surface area contributed by atoms with Crippen molar-refractivity contribution >= 4 is 67.8 Å². The van der Waals surface area contributed by atoms with Gasteiger partial charge in [-0.2, -0.15) is 0 Å². The third-order valence-corrected chi connectivity index (χ3v) is 13.8. The van der Waals surface area contributed by atoms with Crippen LogP contribution in [-0.4, -0.2) is 113 Å². The molecule has 0 saturated heterocycles. The summed E-state index contributed by atoms with van der Waals surface area (Å²) < 4.78 is 40.7. The van der Waals surface area contributed by atoms with E-state index in [1.807, 2.05) is 0 Å². The molecule has 0 bridgehead atoms. The van der Waals surface area contributed by atoms with E-state index in [0.29, 0.717) is 22.3 Å². The summed E-state index contributed by atoms with van der Waals surface area (Å²) in [6, 6.07) is 32.6. The zero-order valence-corrected chi connectivity index (χ0v) is 37.2. The van der Waals surface area contributed by atoms with Crippen LogP contribution in [0, 0.1) is 0 Å². The van der Waals surface area contributed by atoms with Crippen molar-refractivity contribution < 1.29 is 90.0 Å². The Hall–Kier alpha value is -6.72. The van der Waals surface area contributed by atoms with Gasteiger partial charge >= 0.3 is 378 Å². The summed E-state index contributed by atoms with van der Waals surface area (Å²) in [4.78, 5) is 104. The Kier molecular flexibility index (Phi) is 20.5. The Morgan fingerprint density at radius 1 is 0.338 bits per heavy atom. The summed E-state index contributed by atoms with van der Waals surface area (Å²) >= 11 is -7.26. The monoisotopic (exact) mass is 1010 g/mol. The molecule has 0 aliphatic rings. The van der Waals surface area contributed by atoms with Gasteiger partial charge in [0.1, 0.15) is 0 Å². The molecule has 0 heterocycles. The molecular weight excluding hydrogens is 967 g/mol. The molecule has 0 aliphatic carbocycles. The molecule has 0 aromatic heterocycles. The molecule has 4 aromatic rings. The Bertz CT molecular complexity index is 1890. The van der Waals surface area contributed by atoms with Crippen LogP contribution in [-0.2, 0) is 96.0 Å². The van der Waals surface area contributed by atoms with E-state index in [0.717, 1.165) is 0 Å². The Morgan fingerprint density at radius 3 is 0.708 bits per heavy atom. The first-order chi connectivity index (χ1) is 31.1. The van der Waals surface area contributed by atoms with Crippen LogP contribution >= 0.6 is 0 Å². The maximum absolute atomic E-state index is 13.4. The van der Waals surface area contributed by atoms with Crippen LogP contribution in [0.3, 0.4) is 0 Å². The number of hydrogen-bond donors (Lipinski definition) is 4. The van der Waals surface area contributed by atoms with Gasteiger partial charge in [-0.05, 0) is 0 Å². The third kappa shape index (κ3) is 18.5. The van der Waals surface area contributed by atoms with Crippen LogP contribution in [0.1, 0.15) is 47.9 Å². The van der Waals surface area contributed by atoms with Crippen molar-refractivity contribution in [3.63, 3.8) is 0 Å². The topological polar surface area (TPSA) is 291 Å². The number of carbonyl (C=O) groups is 8.